The van der Waals surface area contributed by atoms with Crippen molar-refractivity contribution in [3.63, 3.8) is 0 Å². The lowest BCUT2D eigenvalue weighted by atomic mass is 10.0. The summed E-state index contributed by atoms with van der Waals surface area (Å²) in [4.78, 5) is 11.9. The van der Waals surface area contributed by atoms with Crippen molar-refractivity contribution >= 4 is 29.0 Å². The van der Waals surface area contributed by atoms with E-state index in [4.69, 9.17) is 27.9 Å². The number of ether oxygens (including phenoxy) is 1. The van der Waals surface area contributed by atoms with Crippen LogP contribution in [-0.4, -0.2) is 31.6 Å². The largest absolute Gasteiger partial charge is 0.378 e. The maximum atomic E-state index is 11.9. The molecule has 1 heterocycles. The van der Waals surface area contributed by atoms with Gasteiger partial charge in [0, 0.05) is 13.0 Å². The van der Waals surface area contributed by atoms with Crippen LogP contribution >= 0.6 is 23.2 Å². The van der Waals surface area contributed by atoms with Crippen molar-refractivity contribution < 1.29 is 9.53 Å². The zero-order chi connectivity index (χ0) is 12.3. The Hall–Kier alpha value is -0.610. The Labute approximate surface area is 110 Å². The standard InChI is InChI=1S/C12H13Cl2NO2/c13-9-2-1-8(5-10(9)14)6-12(16)11-7-17-4-3-15-11/h1-2,5,11,15H,3-4,6-7H2. The lowest BCUT2D eigenvalue weighted by Gasteiger charge is -2.22. The van der Waals surface area contributed by atoms with Crippen LogP contribution in [0.25, 0.3) is 0 Å². The van der Waals surface area contributed by atoms with Gasteiger partial charge >= 0.3 is 0 Å². The molecule has 2 rings (SSSR count). The van der Waals surface area contributed by atoms with Crippen molar-refractivity contribution in [3.05, 3.63) is 33.8 Å². The molecule has 17 heavy (non-hydrogen) atoms. The van der Waals surface area contributed by atoms with Crippen LogP contribution in [0.2, 0.25) is 10.0 Å². The molecule has 1 aliphatic heterocycles. The predicted molar refractivity (Wildman–Crippen MR) is 67.8 cm³/mol. The van der Waals surface area contributed by atoms with Gasteiger partial charge in [0.2, 0.25) is 0 Å². The molecule has 0 amide bonds. The summed E-state index contributed by atoms with van der Waals surface area (Å²) in [5.74, 6) is 0.114. The summed E-state index contributed by atoms with van der Waals surface area (Å²) < 4.78 is 5.25. The third kappa shape index (κ3) is 3.42. The lowest BCUT2D eigenvalue weighted by Crippen LogP contribution is -2.47. The first-order valence-electron chi connectivity index (χ1n) is 5.44. The second-order valence-electron chi connectivity index (χ2n) is 3.97. The normalized spacial score (nSPS) is 20.2. The summed E-state index contributed by atoms with van der Waals surface area (Å²) in [7, 11) is 0. The smallest absolute Gasteiger partial charge is 0.156 e. The fraction of sp³-hybridized carbons (Fsp3) is 0.417. The highest BCUT2D eigenvalue weighted by atomic mass is 35.5. The van der Waals surface area contributed by atoms with E-state index in [1.807, 2.05) is 6.07 Å². The van der Waals surface area contributed by atoms with Crippen molar-refractivity contribution in [1.82, 2.24) is 5.32 Å². The maximum Gasteiger partial charge on any atom is 0.156 e. The Morgan fingerprint density at radius 1 is 1.41 bits per heavy atom. The summed E-state index contributed by atoms with van der Waals surface area (Å²) in [6, 6.07) is 5.04. The van der Waals surface area contributed by atoms with E-state index in [0.717, 1.165) is 12.1 Å². The number of carbonyl (C=O) groups excluding carboxylic acids is 1. The van der Waals surface area contributed by atoms with Gasteiger partial charge in [0.1, 0.15) is 0 Å². The second-order valence-corrected chi connectivity index (χ2v) is 4.79. The Morgan fingerprint density at radius 3 is 2.88 bits per heavy atom. The molecule has 0 spiro atoms. The Balaban J connectivity index is 1.99. The molecule has 0 aliphatic carbocycles. The van der Waals surface area contributed by atoms with Crippen LogP contribution in [0.3, 0.4) is 0 Å². The van der Waals surface area contributed by atoms with E-state index in [0.29, 0.717) is 29.7 Å². The maximum absolute atomic E-state index is 11.9. The third-order valence-electron chi connectivity index (χ3n) is 2.67. The van der Waals surface area contributed by atoms with Crippen LogP contribution in [0.15, 0.2) is 18.2 Å². The first-order valence-corrected chi connectivity index (χ1v) is 6.20. The van der Waals surface area contributed by atoms with Gasteiger partial charge in [-0.1, -0.05) is 29.3 Å². The molecule has 1 unspecified atom stereocenters. The minimum absolute atomic E-state index is 0.114. The van der Waals surface area contributed by atoms with Gasteiger partial charge in [-0.05, 0) is 17.7 Å². The number of hydrogen-bond acceptors (Lipinski definition) is 3. The number of carbonyl (C=O) groups is 1. The topological polar surface area (TPSA) is 38.3 Å². The fourth-order valence-electron chi connectivity index (χ4n) is 1.75. The van der Waals surface area contributed by atoms with Gasteiger partial charge in [0.15, 0.2) is 5.78 Å². The summed E-state index contributed by atoms with van der Waals surface area (Å²) in [5.41, 5.74) is 0.872. The Kier molecular flexibility index (Phi) is 4.40. The number of nitrogens with one attached hydrogen (secondary N) is 1. The van der Waals surface area contributed by atoms with E-state index >= 15 is 0 Å². The number of hydrogen-bond donors (Lipinski definition) is 1. The van der Waals surface area contributed by atoms with Gasteiger partial charge < -0.3 is 10.1 Å². The van der Waals surface area contributed by atoms with Crippen molar-refractivity contribution in [3.8, 4) is 0 Å². The summed E-state index contributed by atoms with van der Waals surface area (Å²) in [6.07, 6.45) is 0.345. The van der Waals surface area contributed by atoms with Crippen molar-refractivity contribution in [2.45, 2.75) is 12.5 Å². The molecule has 5 heteroatoms. The van der Waals surface area contributed by atoms with E-state index in [9.17, 15) is 4.79 Å². The molecule has 92 valence electrons. The van der Waals surface area contributed by atoms with E-state index in [2.05, 4.69) is 5.32 Å². The highest BCUT2D eigenvalue weighted by molar-refractivity contribution is 6.42. The molecule has 1 aliphatic rings. The van der Waals surface area contributed by atoms with Crippen LogP contribution in [-0.2, 0) is 16.0 Å². The molecule has 0 aromatic heterocycles. The van der Waals surface area contributed by atoms with Crippen LogP contribution in [0.1, 0.15) is 5.56 Å². The molecule has 1 fully saturated rings. The Morgan fingerprint density at radius 2 is 2.24 bits per heavy atom. The van der Waals surface area contributed by atoms with Gasteiger partial charge in [-0.3, -0.25) is 4.79 Å². The molecule has 0 radical (unpaired) electrons. The quantitative estimate of drug-likeness (QED) is 0.917. The summed E-state index contributed by atoms with van der Waals surface area (Å²) >= 11 is 11.7. The second kappa shape index (κ2) is 5.83. The molecule has 1 aromatic rings. The minimum Gasteiger partial charge on any atom is -0.378 e. The van der Waals surface area contributed by atoms with Crippen LogP contribution in [0.4, 0.5) is 0 Å². The van der Waals surface area contributed by atoms with Crippen molar-refractivity contribution in [2.24, 2.45) is 0 Å². The minimum atomic E-state index is -0.210. The molecule has 1 saturated heterocycles. The van der Waals surface area contributed by atoms with Gasteiger partial charge in [0.05, 0.1) is 29.3 Å². The number of benzene rings is 1. The zero-order valence-electron chi connectivity index (χ0n) is 9.21. The molecular weight excluding hydrogens is 261 g/mol. The van der Waals surface area contributed by atoms with Gasteiger partial charge in [-0.15, -0.1) is 0 Å². The van der Waals surface area contributed by atoms with Crippen molar-refractivity contribution in [1.29, 1.82) is 0 Å². The van der Waals surface area contributed by atoms with Crippen LogP contribution in [0, 0.1) is 0 Å². The van der Waals surface area contributed by atoms with Gasteiger partial charge in [-0.2, -0.15) is 0 Å². The van der Waals surface area contributed by atoms with Gasteiger partial charge in [0.25, 0.3) is 0 Å². The first kappa shape index (κ1) is 12.8. The molecule has 3 nitrogen and oxygen atoms in total. The third-order valence-corrected chi connectivity index (χ3v) is 3.41. The van der Waals surface area contributed by atoms with Gasteiger partial charge in [-0.25, -0.2) is 0 Å². The average molecular weight is 274 g/mol. The summed E-state index contributed by atoms with van der Waals surface area (Å²) in [5, 5.41) is 4.11. The average Bonchev–Trinajstić information content (AvgIpc) is 2.35. The molecule has 1 aromatic carbocycles. The van der Waals surface area contributed by atoms with Crippen LogP contribution < -0.4 is 5.32 Å². The molecule has 0 bridgehead atoms. The zero-order valence-corrected chi connectivity index (χ0v) is 10.7. The number of halogens is 2. The molecule has 0 saturated carbocycles. The Bertz CT molecular complexity index is 417. The first-order chi connectivity index (χ1) is 8.16. The predicted octanol–water partition coefficient (Wildman–Crippen LogP) is 2.09. The molecule has 1 atom stereocenters. The lowest BCUT2D eigenvalue weighted by molar-refractivity contribution is -0.123. The SMILES string of the molecule is O=C(Cc1ccc(Cl)c(Cl)c1)C1COCCN1. The fourth-order valence-corrected chi connectivity index (χ4v) is 2.07. The van der Waals surface area contributed by atoms with Crippen LogP contribution in [0.5, 0.6) is 0 Å². The van der Waals surface area contributed by atoms with E-state index in [1.54, 1.807) is 12.1 Å². The summed E-state index contributed by atoms with van der Waals surface area (Å²) in [6.45, 7) is 1.83. The number of Topliss-reactive ketones (excluding diaryl/α,β-unsaturated/α-hetero) is 1. The highest BCUT2D eigenvalue weighted by Crippen LogP contribution is 2.23. The van der Waals surface area contributed by atoms with E-state index in [-0.39, 0.29) is 11.8 Å². The molecule has 1 N–H and O–H groups in total. The van der Waals surface area contributed by atoms with Crippen molar-refractivity contribution in [2.75, 3.05) is 19.8 Å². The molecular formula is C12H13Cl2NO2. The number of morpholine rings is 1. The number of ketones is 1. The van der Waals surface area contributed by atoms with E-state index < -0.39 is 0 Å². The number of rotatable bonds is 3. The highest BCUT2D eigenvalue weighted by Gasteiger charge is 2.21. The van der Waals surface area contributed by atoms with E-state index in [1.165, 1.54) is 0 Å². The monoisotopic (exact) mass is 273 g/mol.